The molecule has 0 bridgehead atoms. The molecule has 0 N–H and O–H groups in total. The Hall–Kier alpha value is -4.06. The maximum Gasteiger partial charge on any atom is 0.129 e. The summed E-state index contributed by atoms with van der Waals surface area (Å²) in [6.45, 7) is 6.60. The first-order valence-electron chi connectivity index (χ1n) is 13.4. The van der Waals surface area contributed by atoms with Crippen molar-refractivity contribution in [1.82, 2.24) is 0 Å². The van der Waals surface area contributed by atoms with E-state index in [1.165, 1.54) is 22.3 Å². The Morgan fingerprint density at radius 2 is 1.05 bits per heavy atom. The third-order valence-corrected chi connectivity index (χ3v) is 6.86. The summed E-state index contributed by atoms with van der Waals surface area (Å²) in [5.41, 5.74) is 8.41. The maximum atomic E-state index is 5.77. The van der Waals surface area contributed by atoms with Crippen LogP contribution in [0, 0.1) is 13.8 Å². The lowest BCUT2D eigenvalue weighted by Crippen LogP contribution is -2.11. The number of ether oxygens (including phenoxy) is 2. The van der Waals surface area contributed by atoms with Crippen molar-refractivity contribution in [3.63, 3.8) is 0 Å². The van der Waals surface area contributed by atoms with Crippen LogP contribution in [0.25, 0.3) is 0 Å². The normalized spacial score (nSPS) is 11.1. The van der Waals surface area contributed by atoms with Crippen molar-refractivity contribution >= 4 is 17.1 Å². The highest BCUT2D eigenvalue weighted by molar-refractivity contribution is 5.77. The molecule has 0 unspecified atom stereocenters. The van der Waals surface area contributed by atoms with E-state index in [1.807, 2.05) is 24.3 Å². The van der Waals surface area contributed by atoms with Crippen LogP contribution in [0.4, 0.5) is 17.1 Å². The summed E-state index contributed by atoms with van der Waals surface area (Å²) in [7, 11) is 0. The zero-order valence-corrected chi connectivity index (χ0v) is 22.6. The Morgan fingerprint density at radius 1 is 0.564 bits per heavy atom. The van der Waals surface area contributed by atoms with Gasteiger partial charge < -0.3 is 23.2 Å². The Bertz CT molecular complexity index is 1320. The third kappa shape index (κ3) is 7.29. The number of aryl methyl sites for hydroxylation is 2. The first-order chi connectivity index (χ1) is 19.2. The van der Waals surface area contributed by atoms with Gasteiger partial charge in [0.1, 0.15) is 24.7 Å². The molecule has 2 aromatic heterocycles. The molecule has 200 valence electrons. The Morgan fingerprint density at radius 3 is 1.49 bits per heavy atom. The first kappa shape index (κ1) is 26.5. The SMILES string of the molecule is Cc1ccc(N(c2ccc(CCOCc3ccco3)cc2)c2ccc(CCOCc3ccco3)cc2)cc1C. The van der Waals surface area contributed by atoms with E-state index >= 15 is 0 Å². The lowest BCUT2D eigenvalue weighted by Gasteiger charge is -2.26. The largest absolute Gasteiger partial charge is 0.467 e. The predicted octanol–water partition coefficient (Wildman–Crippen LogP) is 8.48. The van der Waals surface area contributed by atoms with Crippen molar-refractivity contribution in [3.05, 3.63) is 137 Å². The fourth-order valence-corrected chi connectivity index (χ4v) is 4.45. The van der Waals surface area contributed by atoms with Crippen LogP contribution in [0.5, 0.6) is 0 Å². The fourth-order valence-electron chi connectivity index (χ4n) is 4.45. The Labute approximate surface area is 230 Å². The van der Waals surface area contributed by atoms with E-state index in [0.717, 1.165) is 41.4 Å². The number of hydrogen-bond acceptors (Lipinski definition) is 5. The van der Waals surface area contributed by atoms with Crippen LogP contribution < -0.4 is 4.90 Å². The topological polar surface area (TPSA) is 48.0 Å². The molecule has 39 heavy (non-hydrogen) atoms. The van der Waals surface area contributed by atoms with Gasteiger partial charge in [0.15, 0.2) is 0 Å². The average Bonchev–Trinajstić information content (AvgIpc) is 3.68. The van der Waals surface area contributed by atoms with Crippen molar-refractivity contribution in [2.24, 2.45) is 0 Å². The second kappa shape index (κ2) is 13.1. The van der Waals surface area contributed by atoms with E-state index in [1.54, 1.807) is 12.5 Å². The number of benzene rings is 3. The zero-order chi connectivity index (χ0) is 26.9. The molecule has 5 heteroatoms. The summed E-state index contributed by atoms with van der Waals surface area (Å²) in [4.78, 5) is 2.31. The molecule has 0 saturated heterocycles. The van der Waals surface area contributed by atoms with E-state index < -0.39 is 0 Å². The highest BCUT2D eigenvalue weighted by Crippen LogP contribution is 2.35. The van der Waals surface area contributed by atoms with Gasteiger partial charge in [0.05, 0.1) is 25.7 Å². The van der Waals surface area contributed by atoms with Crippen LogP contribution in [0.15, 0.2) is 112 Å². The second-order valence-electron chi connectivity index (χ2n) is 9.70. The number of furan rings is 2. The second-order valence-corrected chi connectivity index (χ2v) is 9.70. The van der Waals surface area contributed by atoms with Crippen LogP contribution in [0.3, 0.4) is 0 Å². The van der Waals surface area contributed by atoms with Gasteiger partial charge >= 0.3 is 0 Å². The lowest BCUT2D eigenvalue weighted by molar-refractivity contribution is 0.109. The van der Waals surface area contributed by atoms with Gasteiger partial charge in [-0.1, -0.05) is 30.3 Å². The summed E-state index contributed by atoms with van der Waals surface area (Å²) >= 11 is 0. The minimum absolute atomic E-state index is 0.498. The highest BCUT2D eigenvalue weighted by Gasteiger charge is 2.13. The molecule has 0 radical (unpaired) electrons. The summed E-state index contributed by atoms with van der Waals surface area (Å²) in [5, 5.41) is 0. The zero-order valence-electron chi connectivity index (χ0n) is 22.6. The van der Waals surface area contributed by atoms with Gasteiger partial charge in [-0.2, -0.15) is 0 Å². The summed E-state index contributed by atoms with van der Waals surface area (Å²) in [6, 6.07) is 31.7. The van der Waals surface area contributed by atoms with Gasteiger partial charge in [-0.05, 0) is 110 Å². The summed E-state index contributed by atoms with van der Waals surface area (Å²) < 4.78 is 22.2. The van der Waals surface area contributed by atoms with E-state index in [-0.39, 0.29) is 0 Å². The molecular formula is C34H35NO4. The summed E-state index contributed by atoms with van der Waals surface area (Å²) in [6.07, 6.45) is 5.04. The van der Waals surface area contributed by atoms with Crippen molar-refractivity contribution in [1.29, 1.82) is 0 Å². The van der Waals surface area contributed by atoms with Gasteiger partial charge in [-0.25, -0.2) is 0 Å². The molecule has 0 spiro atoms. The number of hydrogen-bond donors (Lipinski definition) is 0. The number of anilines is 3. The van der Waals surface area contributed by atoms with E-state index in [9.17, 15) is 0 Å². The molecule has 0 amide bonds. The highest BCUT2D eigenvalue weighted by atomic mass is 16.5. The van der Waals surface area contributed by atoms with Crippen LogP contribution >= 0.6 is 0 Å². The van der Waals surface area contributed by atoms with Crippen LogP contribution in [-0.4, -0.2) is 13.2 Å². The summed E-state index contributed by atoms with van der Waals surface area (Å²) in [5.74, 6) is 1.70. The van der Waals surface area contributed by atoms with Gasteiger partial charge in [0, 0.05) is 17.1 Å². The minimum atomic E-state index is 0.498. The average molecular weight is 522 g/mol. The maximum absolute atomic E-state index is 5.77. The van der Waals surface area contributed by atoms with E-state index in [4.69, 9.17) is 18.3 Å². The Kier molecular flexibility index (Phi) is 8.94. The van der Waals surface area contributed by atoms with Crippen molar-refractivity contribution < 1.29 is 18.3 Å². The van der Waals surface area contributed by atoms with Crippen LogP contribution in [-0.2, 0) is 35.5 Å². The number of rotatable bonds is 13. The molecule has 3 aromatic carbocycles. The quantitative estimate of drug-likeness (QED) is 0.145. The fraction of sp³-hybridized carbons (Fsp3) is 0.235. The van der Waals surface area contributed by atoms with Crippen molar-refractivity contribution in [3.8, 4) is 0 Å². The molecule has 2 heterocycles. The van der Waals surface area contributed by atoms with Crippen LogP contribution in [0.1, 0.15) is 33.8 Å². The van der Waals surface area contributed by atoms with Gasteiger partial charge in [-0.3, -0.25) is 0 Å². The van der Waals surface area contributed by atoms with E-state index in [0.29, 0.717) is 26.4 Å². The number of nitrogens with zero attached hydrogens (tertiary/aromatic N) is 1. The third-order valence-electron chi connectivity index (χ3n) is 6.86. The smallest absolute Gasteiger partial charge is 0.129 e. The molecule has 0 atom stereocenters. The van der Waals surface area contributed by atoms with Crippen molar-refractivity contribution in [2.75, 3.05) is 18.1 Å². The molecule has 0 aliphatic carbocycles. The molecule has 0 saturated carbocycles. The lowest BCUT2D eigenvalue weighted by atomic mass is 10.1. The van der Waals surface area contributed by atoms with Crippen LogP contribution in [0.2, 0.25) is 0 Å². The predicted molar refractivity (Wildman–Crippen MR) is 155 cm³/mol. The molecule has 5 rings (SSSR count). The van der Waals surface area contributed by atoms with E-state index in [2.05, 4.69) is 85.5 Å². The molecule has 0 aliphatic heterocycles. The molecule has 0 aliphatic rings. The standard InChI is InChI=1S/C34H35NO4/c1-26-7-12-32(23-27(26)2)35(30-13-8-28(9-14-30)17-21-36-24-33-5-3-19-38-33)31-15-10-29(11-16-31)18-22-37-25-34-6-4-20-39-34/h3-16,19-20,23H,17-18,21-22,24-25H2,1-2H3. The first-order valence-corrected chi connectivity index (χ1v) is 13.4. The molecule has 0 fully saturated rings. The van der Waals surface area contributed by atoms with Gasteiger partial charge in [0.2, 0.25) is 0 Å². The minimum Gasteiger partial charge on any atom is -0.467 e. The molecule has 5 nitrogen and oxygen atoms in total. The van der Waals surface area contributed by atoms with Crippen molar-refractivity contribution in [2.45, 2.75) is 39.9 Å². The van der Waals surface area contributed by atoms with Gasteiger partial charge in [0.25, 0.3) is 0 Å². The molecule has 5 aromatic rings. The van der Waals surface area contributed by atoms with Gasteiger partial charge in [-0.15, -0.1) is 0 Å². The Balaban J connectivity index is 1.26. The molecular weight excluding hydrogens is 486 g/mol. The monoisotopic (exact) mass is 521 g/mol.